The van der Waals surface area contributed by atoms with Crippen LogP contribution in [-0.4, -0.2) is 19.5 Å². The molecule has 0 aromatic heterocycles. The van der Waals surface area contributed by atoms with Gasteiger partial charge in [0, 0.05) is 23.5 Å². The molecule has 0 spiro atoms. The number of fused-ring (bicyclic) bond motifs is 1. The lowest BCUT2D eigenvalue weighted by Crippen LogP contribution is -2.17. The van der Waals surface area contributed by atoms with E-state index in [1.807, 2.05) is 31.2 Å². The Bertz CT molecular complexity index is 609. The Kier molecular flexibility index (Phi) is 5.07. The van der Waals surface area contributed by atoms with Gasteiger partial charge in [0.25, 0.3) is 0 Å². The number of allylic oxidation sites excluding steroid dienone is 3. The smallest absolute Gasteiger partial charge is 0.155 e. The molecule has 1 aliphatic rings. The molecule has 0 amide bonds. The number of carbonyl (C=O) groups is 1. The summed E-state index contributed by atoms with van der Waals surface area (Å²) >= 11 is 0. The van der Waals surface area contributed by atoms with Crippen molar-refractivity contribution in [3.05, 3.63) is 42.0 Å². The van der Waals surface area contributed by atoms with Crippen molar-refractivity contribution in [2.75, 3.05) is 13.7 Å². The van der Waals surface area contributed by atoms with Crippen molar-refractivity contribution in [1.29, 1.82) is 0 Å². The van der Waals surface area contributed by atoms with Crippen molar-refractivity contribution in [2.24, 2.45) is 5.41 Å². The molecule has 1 heterocycles. The Labute approximate surface area is 132 Å². The Morgan fingerprint density at radius 3 is 2.86 bits per heavy atom. The third-order valence-corrected chi connectivity index (χ3v) is 3.59. The summed E-state index contributed by atoms with van der Waals surface area (Å²) in [6.45, 7) is 6.85. The van der Waals surface area contributed by atoms with Crippen LogP contribution < -0.4 is 9.47 Å². The number of methoxy groups -OCH3 is 1. The van der Waals surface area contributed by atoms with Crippen LogP contribution in [0, 0.1) is 5.41 Å². The van der Waals surface area contributed by atoms with Crippen LogP contribution in [0.15, 0.2) is 36.4 Å². The second-order valence-electron chi connectivity index (χ2n) is 6.29. The molecule has 1 aliphatic heterocycles. The molecule has 0 fully saturated rings. The molecule has 0 atom stereocenters. The van der Waals surface area contributed by atoms with E-state index >= 15 is 0 Å². The van der Waals surface area contributed by atoms with Crippen molar-refractivity contribution in [3.8, 4) is 11.5 Å². The lowest BCUT2D eigenvalue weighted by Gasteiger charge is -2.18. The lowest BCUT2D eigenvalue weighted by atomic mass is 9.90. The predicted octanol–water partition coefficient (Wildman–Crippen LogP) is 4.42. The van der Waals surface area contributed by atoms with Gasteiger partial charge in [-0.15, -0.1) is 0 Å². The molecule has 1 aromatic carbocycles. The zero-order valence-corrected chi connectivity index (χ0v) is 13.8. The normalized spacial score (nSPS) is 16.5. The van der Waals surface area contributed by atoms with Gasteiger partial charge in [0.05, 0.1) is 13.7 Å². The monoisotopic (exact) mass is 300 g/mol. The third-order valence-electron chi connectivity index (χ3n) is 3.59. The molecule has 0 saturated heterocycles. The Morgan fingerprint density at radius 2 is 2.18 bits per heavy atom. The highest BCUT2D eigenvalue weighted by atomic mass is 16.5. The minimum absolute atomic E-state index is 0.0975. The summed E-state index contributed by atoms with van der Waals surface area (Å²) in [6.07, 6.45) is 7.19. The van der Waals surface area contributed by atoms with E-state index in [1.165, 1.54) is 0 Å². The number of hydrogen-bond donors (Lipinski definition) is 0. The first kappa shape index (κ1) is 16.3. The number of ether oxygens (including phenoxy) is 2. The minimum atomic E-state index is -0.0975. The fourth-order valence-electron chi connectivity index (χ4n) is 2.44. The van der Waals surface area contributed by atoms with E-state index in [0.29, 0.717) is 13.0 Å². The van der Waals surface area contributed by atoms with E-state index in [1.54, 1.807) is 13.2 Å². The quantitative estimate of drug-likeness (QED) is 0.755. The number of hydrogen-bond acceptors (Lipinski definition) is 3. The largest absolute Gasteiger partial charge is 0.497 e. The van der Waals surface area contributed by atoms with Gasteiger partial charge < -0.3 is 9.47 Å². The molecule has 118 valence electrons. The van der Waals surface area contributed by atoms with Crippen molar-refractivity contribution in [2.45, 2.75) is 33.6 Å². The van der Waals surface area contributed by atoms with Crippen LogP contribution in [0.4, 0.5) is 0 Å². The number of benzene rings is 1. The molecule has 2 rings (SSSR count). The first-order valence-electron chi connectivity index (χ1n) is 7.70. The molecule has 22 heavy (non-hydrogen) atoms. The van der Waals surface area contributed by atoms with Crippen molar-refractivity contribution in [1.82, 2.24) is 0 Å². The molecule has 0 aliphatic carbocycles. The highest BCUT2D eigenvalue weighted by Gasteiger charge is 2.23. The van der Waals surface area contributed by atoms with Crippen LogP contribution in [0.3, 0.4) is 0 Å². The molecule has 0 unspecified atom stereocenters. The second kappa shape index (κ2) is 6.82. The maximum Gasteiger partial charge on any atom is 0.155 e. The van der Waals surface area contributed by atoms with Crippen LogP contribution in [-0.2, 0) is 4.79 Å². The second-order valence-corrected chi connectivity index (χ2v) is 6.29. The van der Waals surface area contributed by atoms with Gasteiger partial charge in [-0.3, -0.25) is 4.79 Å². The van der Waals surface area contributed by atoms with Gasteiger partial charge >= 0.3 is 0 Å². The van der Waals surface area contributed by atoms with Gasteiger partial charge in [-0.25, -0.2) is 0 Å². The Morgan fingerprint density at radius 1 is 1.41 bits per heavy atom. The SMILES string of the molecule is CCCC(=O)/C=C/C1=CC(C)(C)COc2cc(OC)ccc21. The summed E-state index contributed by atoms with van der Waals surface area (Å²) in [6, 6.07) is 5.79. The van der Waals surface area contributed by atoms with Crippen molar-refractivity contribution in [3.63, 3.8) is 0 Å². The third kappa shape index (κ3) is 4.00. The fourth-order valence-corrected chi connectivity index (χ4v) is 2.44. The van der Waals surface area contributed by atoms with Gasteiger partial charge in [0.1, 0.15) is 11.5 Å². The highest BCUT2D eigenvalue weighted by Crippen LogP contribution is 2.37. The fraction of sp³-hybridized carbons (Fsp3) is 0.421. The summed E-state index contributed by atoms with van der Waals surface area (Å²) in [5.41, 5.74) is 1.91. The van der Waals surface area contributed by atoms with Gasteiger partial charge in [-0.2, -0.15) is 0 Å². The van der Waals surface area contributed by atoms with Gasteiger partial charge in [0.15, 0.2) is 5.78 Å². The van der Waals surface area contributed by atoms with E-state index in [-0.39, 0.29) is 11.2 Å². The zero-order chi connectivity index (χ0) is 16.2. The molecule has 3 heteroatoms. The zero-order valence-electron chi connectivity index (χ0n) is 13.8. The summed E-state index contributed by atoms with van der Waals surface area (Å²) in [5, 5.41) is 0. The van der Waals surface area contributed by atoms with Crippen LogP contribution in [0.1, 0.15) is 39.2 Å². The molecule has 0 bridgehead atoms. The summed E-state index contributed by atoms with van der Waals surface area (Å²) < 4.78 is 11.2. The molecule has 0 N–H and O–H groups in total. The van der Waals surface area contributed by atoms with E-state index in [4.69, 9.17) is 9.47 Å². The Hall–Kier alpha value is -2.03. The average Bonchev–Trinajstić information content (AvgIpc) is 2.61. The van der Waals surface area contributed by atoms with E-state index in [2.05, 4.69) is 19.9 Å². The topological polar surface area (TPSA) is 35.5 Å². The lowest BCUT2D eigenvalue weighted by molar-refractivity contribution is -0.114. The molecule has 0 radical (unpaired) electrons. The molecule has 0 saturated carbocycles. The predicted molar refractivity (Wildman–Crippen MR) is 89.3 cm³/mol. The number of carbonyl (C=O) groups excluding carboxylic acids is 1. The molecule has 1 aromatic rings. The van der Waals surface area contributed by atoms with E-state index in [9.17, 15) is 4.79 Å². The Balaban J connectivity index is 2.40. The first-order valence-corrected chi connectivity index (χ1v) is 7.70. The number of rotatable bonds is 5. The standard InChI is InChI=1S/C19H24O3/c1-5-6-15(20)8-7-14-12-19(2,3)13-22-18-11-16(21-4)9-10-17(14)18/h7-12H,5-6,13H2,1-4H3/b8-7+. The van der Waals surface area contributed by atoms with Gasteiger partial charge in [0.2, 0.25) is 0 Å². The van der Waals surface area contributed by atoms with Crippen LogP contribution in [0.5, 0.6) is 11.5 Å². The summed E-state index contributed by atoms with van der Waals surface area (Å²) in [4.78, 5) is 11.8. The molecular formula is C19H24O3. The summed E-state index contributed by atoms with van der Waals surface area (Å²) in [5.74, 6) is 1.72. The van der Waals surface area contributed by atoms with Crippen LogP contribution in [0.2, 0.25) is 0 Å². The van der Waals surface area contributed by atoms with Crippen LogP contribution >= 0.6 is 0 Å². The first-order chi connectivity index (χ1) is 10.4. The van der Waals surface area contributed by atoms with E-state index < -0.39 is 0 Å². The average molecular weight is 300 g/mol. The van der Waals surface area contributed by atoms with Gasteiger partial charge in [-0.05, 0) is 30.2 Å². The maximum atomic E-state index is 11.8. The highest BCUT2D eigenvalue weighted by molar-refractivity contribution is 5.93. The number of ketones is 1. The molecular weight excluding hydrogens is 276 g/mol. The van der Waals surface area contributed by atoms with Crippen molar-refractivity contribution >= 4 is 11.4 Å². The van der Waals surface area contributed by atoms with Gasteiger partial charge in [-0.1, -0.05) is 32.9 Å². The van der Waals surface area contributed by atoms with E-state index in [0.717, 1.165) is 29.1 Å². The maximum absolute atomic E-state index is 11.8. The molecule has 3 nitrogen and oxygen atoms in total. The summed E-state index contributed by atoms with van der Waals surface area (Å²) in [7, 11) is 1.64. The van der Waals surface area contributed by atoms with Crippen LogP contribution in [0.25, 0.3) is 5.57 Å². The van der Waals surface area contributed by atoms with Crippen molar-refractivity contribution < 1.29 is 14.3 Å². The minimum Gasteiger partial charge on any atom is -0.497 e.